The van der Waals surface area contributed by atoms with Crippen LogP contribution in [-0.4, -0.2) is 29.0 Å². The molecule has 1 aromatic heterocycles. The second-order valence-electron chi connectivity index (χ2n) is 5.23. The van der Waals surface area contributed by atoms with E-state index in [0.717, 1.165) is 31.6 Å². The van der Waals surface area contributed by atoms with E-state index in [1.165, 1.54) is 30.5 Å². The monoisotopic (exact) mass is 276 g/mol. The molecule has 0 aliphatic heterocycles. The summed E-state index contributed by atoms with van der Waals surface area (Å²) < 4.78 is 0. The molecule has 2 rings (SSSR count). The average Bonchev–Trinajstić information content (AvgIpc) is 2.71. The van der Waals surface area contributed by atoms with Crippen molar-refractivity contribution in [3.05, 3.63) is 17.6 Å². The van der Waals surface area contributed by atoms with Crippen molar-refractivity contribution in [3.63, 3.8) is 0 Å². The Hall–Kier alpha value is -1.65. The fraction of sp³-hybridized carbons (Fsp3) is 0.667. The summed E-state index contributed by atoms with van der Waals surface area (Å²) in [7, 11) is 0. The van der Waals surface area contributed by atoms with Gasteiger partial charge in [-0.2, -0.15) is 0 Å². The van der Waals surface area contributed by atoms with Gasteiger partial charge in [0, 0.05) is 30.8 Å². The molecular weight excluding hydrogens is 252 g/mol. The summed E-state index contributed by atoms with van der Waals surface area (Å²) in [6.07, 6.45) is 8.84. The van der Waals surface area contributed by atoms with E-state index < -0.39 is 0 Å². The third-order valence-electron chi connectivity index (χ3n) is 3.59. The Morgan fingerprint density at radius 2 is 2.05 bits per heavy atom. The fourth-order valence-corrected chi connectivity index (χ4v) is 2.50. The molecule has 20 heavy (non-hydrogen) atoms. The highest BCUT2D eigenvalue weighted by Gasteiger charge is 2.14. The Labute approximate surface area is 120 Å². The number of hydrogen-bond acceptors (Lipinski definition) is 4. The highest BCUT2D eigenvalue weighted by atomic mass is 16.1. The first-order chi connectivity index (χ1) is 9.81. The normalized spacial score (nSPS) is 14.2. The van der Waals surface area contributed by atoms with Gasteiger partial charge in [-0.15, -0.1) is 0 Å². The number of aromatic nitrogens is 2. The molecule has 1 aromatic rings. The molecule has 0 aromatic carbocycles. The number of amides is 1. The highest BCUT2D eigenvalue weighted by molar-refractivity contribution is 5.76. The van der Waals surface area contributed by atoms with Gasteiger partial charge in [-0.25, -0.2) is 9.97 Å². The minimum atomic E-state index is 0.0968. The van der Waals surface area contributed by atoms with Crippen LogP contribution in [0.2, 0.25) is 0 Å². The van der Waals surface area contributed by atoms with Crippen LogP contribution in [0.1, 0.15) is 50.3 Å². The number of fused-ring (bicyclic) bond motifs is 1. The van der Waals surface area contributed by atoms with Crippen LogP contribution >= 0.6 is 0 Å². The van der Waals surface area contributed by atoms with E-state index in [2.05, 4.69) is 27.5 Å². The lowest BCUT2D eigenvalue weighted by molar-refractivity contribution is -0.120. The Morgan fingerprint density at radius 1 is 1.20 bits per heavy atom. The number of rotatable bonds is 6. The quantitative estimate of drug-likeness (QED) is 0.781. The van der Waals surface area contributed by atoms with Gasteiger partial charge in [0.1, 0.15) is 12.1 Å². The molecule has 0 spiro atoms. The van der Waals surface area contributed by atoms with Gasteiger partial charge in [-0.1, -0.05) is 13.3 Å². The van der Waals surface area contributed by atoms with Gasteiger partial charge in [0.2, 0.25) is 5.91 Å². The number of hydrogen-bond donors (Lipinski definition) is 2. The molecule has 1 amide bonds. The SMILES string of the molecule is CCCNC(=O)CCNc1ncnc2c1CCCCC2. The molecule has 1 heterocycles. The van der Waals surface area contributed by atoms with E-state index in [4.69, 9.17) is 0 Å². The molecule has 0 fully saturated rings. The van der Waals surface area contributed by atoms with Crippen LogP contribution in [-0.2, 0) is 17.6 Å². The lowest BCUT2D eigenvalue weighted by atomic mass is 10.1. The predicted octanol–water partition coefficient (Wildman–Crippen LogP) is 2.07. The first kappa shape index (κ1) is 14.8. The number of nitrogens with zero attached hydrogens (tertiary/aromatic N) is 2. The lowest BCUT2D eigenvalue weighted by Crippen LogP contribution is -2.26. The zero-order valence-corrected chi connectivity index (χ0v) is 12.2. The Kier molecular flexibility index (Phi) is 5.77. The molecule has 5 nitrogen and oxygen atoms in total. The van der Waals surface area contributed by atoms with Crippen LogP contribution in [0.3, 0.4) is 0 Å². The molecular formula is C15H24N4O. The Morgan fingerprint density at radius 3 is 2.90 bits per heavy atom. The minimum absolute atomic E-state index is 0.0968. The summed E-state index contributed by atoms with van der Waals surface area (Å²) >= 11 is 0. The fourth-order valence-electron chi connectivity index (χ4n) is 2.50. The van der Waals surface area contributed by atoms with Crippen molar-refractivity contribution in [2.75, 3.05) is 18.4 Å². The van der Waals surface area contributed by atoms with Gasteiger partial charge in [0.25, 0.3) is 0 Å². The summed E-state index contributed by atoms with van der Waals surface area (Å²) in [5.41, 5.74) is 2.43. The number of aryl methyl sites for hydroxylation is 1. The summed E-state index contributed by atoms with van der Waals surface area (Å²) in [6.45, 7) is 3.43. The third kappa shape index (κ3) is 4.18. The predicted molar refractivity (Wildman–Crippen MR) is 79.7 cm³/mol. The molecule has 0 radical (unpaired) electrons. The van der Waals surface area contributed by atoms with Crippen LogP contribution in [0.15, 0.2) is 6.33 Å². The smallest absolute Gasteiger partial charge is 0.221 e. The van der Waals surface area contributed by atoms with Gasteiger partial charge in [0.15, 0.2) is 0 Å². The first-order valence-corrected chi connectivity index (χ1v) is 7.64. The maximum absolute atomic E-state index is 11.6. The van der Waals surface area contributed by atoms with Gasteiger partial charge in [-0.05, 0) is 32.1 Å². The van der Waals surface area contributed by atoms with Crippen LogP contribution in [0.4, 0.5) is 5.82 Å². The highest BCUT2D eigenvalue weighted by Crippen LogP contribution is 2.23. The topological polar surface area (TPSA) is 66.9 Å². The Bertz CT molecular complexity index is 447. The zero-order chi connectivity index (χ0) is 14.2. The van der Waals surface area contributed by atoms with Gasteiger partial charge >= 0.3 is 0 Å². The van der Waals surface area contributed by atoms with E-state index in [1.807, 2.05) is 0 Å². The lowest BCUT2D eigenvalue weighted by Gasteiger charge is -2.12. The van der Waals surface area contributed by atoms with Crippen LogP contribution in [0.25, 0.3) is 0 Å². The minimum Gasteiger partial charge on any atom is -0.369 e. The van der Waals surface area contributed by atoms with Crippen molar-refractivity contribution in [2.24, 2.45) is 0 Å². The van der Waals surface area contributed by atoms with Crippen molar-refractivity contribution in [1.29, 1.82) is 0 Å². The van der Waals surface area contributed by atoms with Crippen molar-refractivity contribution >= 4 is 11.7 Å². The third-order valence-corrected chi connectivity index (χ3v) is 3.59. The standard InChI is InChI=1S/C15H24N4O/c1-2-9-16-14(20)8-10-17-15-12-6-4-3-5-7-13(12)18-11-19-15/h11H,2-10H2,1H3,(H,16,20)(H,17,18,19). The zero-order valence-electron chi connectivity index (χ0n) is 12.2. The van der Waals surface area contributed by atoms with Crippen LogP contribution < -0.4 is 10.6 Å². The van der Waals surface area contributed by atoms with Crippen LogP contribution in [0, 0.1) is 0 Å². The van der Waals surface area contributed by atoms with Crippen molar-refractivity contribution in [1.82, 2.24) is 15.3 Å². The molecule has 0 saturated heterocycles. The van der Waals surface area contributed by atoms with Gasteiger partial charge in [-0.3, -0.25) is 4.79 Å². The molecule has 0 saturated carbocycles. The molecule has 0 atom stereocenters. The van der Waals surface area contributed by atoms with Crippen molar-refractivity contribution in [3.8, 4) is 0 Å². The molecule has 5 heteroatoms. The van der Waals surface area contributed by atoms with E-state index in [0.29, 0.717) is 13.0 Å². The largest absolute Gasteiger partial charge is 0.369 e. The Balaban J connectivity index is 1.88. The number of anilines is 1. The van der Waals surface area contributed by atoms with Crippen LogP contribution in [0.5, 0.6) is 0 Å². The average molecular weight is 276 g/mol. The maximum Gasteiger partial charge on any atom is 0.221 e. The summed E-state index contributed by atoms with van der Waals surface area (Å²) in [4.78, 5) is 20.3. The van der Waals surface area contributed by atoms with Crippen molar-refractivity contribution < 1.29 is 4.79 Å². The molecule has 110 valence electrons. The molecule has 0 bridgehead atoms. The molecule has 0 unspecified atom stereocenters. The second-order valence-corrected chi connectivity index (χ2v) is 5.23. The van der Waals surface area contributed by atoms with Gasteiger partial charge in [0.05, 0.1) is 0 Å². The number of carbonyl (C=O) groups excluding carboxylic acids is 1. The molecule has 1 aliphatic rings. The maximum atomic E-state index is 11.6. The summed E-state index contributed by atoms with van der Waals surface area (Å²) in [6, 6.07) is 0. The first-order valence-electron chi connectivity index (χ1n) is 7.64. The molecule has 1 aliphatic carbocycles. The van der Waals surface area contributed by atoms with E-state index in [-0.39, 0.29) is 5.91 Å². The van der Waals surface area contributed by atoms with Gasteiger partial charge < -0.3 is 10.6 Å². The van der Waals surface area contributed by atoms with E-state index >= 15 is 0 Å². The second kappa shape index (κ2) is 7.82. The summed E-state index contributed by atoms with van der Waals surface area (Å²) in [5.74, 6) is 1.01. The van der Waals surface area contributed by atoms with Crippen molar-refractivity contribution in [2.45, 2.75) is 51.9 Å². The number of carbonyl (C=O) groups is 1. The van der Waals surface area contributed by atoms with E-state index in [1.54, 1.807) is 6.33 Å². The molecule has 2 N–H and O–H groups in total. The number of nitrogens with one attached hydrogen (secondary N) is 2. The summed E-state index contributed by atoms with van der Waals surface area (Å²) in [5, 5.41) is 6.18. The van der Waals surface area contributed by atoms with E-state index in [9.17, 15) is 4.79 Å².